The molecule has 1 aromatic carbocycles. The Kier molecular flexibility index (Phi) is 3.86. The summed E-state index contributed by atoms with van der Waals surface area (Å²) in [7, 11) is 0. The van der Waals surface area contributed by atoms with Gasteiger partial charge in [0.2, 0.25) is 0 Å². The third-order valence-corrected chi connectivity index (χ3v) is 4.84. The van der Waals surface area contributed by atoms with Gasteiger partial charge in [-0.25, -0.2) is 0 Å². The molecule has 0 saturated carbocycles. The van der Waals surface area contributed by atoms with E-state index in [4.69, 9.17) is 4.74 Å². The first-order valence-corrected chi connectivity index (χ1v) is 8.20. The van der Waals surface area contributed by atoms with E-state index >= 15 is 0 Å². The molecule has 1 aliphatic heterocycles. The summed E-state index contributed by atoms with van der Waals surface area (Å²) in [6.07, 6.45) is 2.00. The number of hydrogen-bond donors (Lipinski definition) is 1. The van der Waals surface area contributed by atoms with Gasteiger partial charge >= 0.3 is 0 Å². The van der Waals surface area contributed by atoms with Gasteiger partial charge in [0.1, 0.15) is 5.82 Å². The van der Waals surface area contributed by atoms with Crippen molar-refractivity contribution >= 4 is 11.5 Å². The van der Waals surface area contributed by atoms with Crippen LogP contribution in [0.25, 0.3) is 5.65 Å². The highest BCUT2D eigenvalue weighted by Crippen LogP contribution is 2.36. The predicted octanol–water partition coefficient (Wildman–Crippen LogP) is 1.99. The standard InChI is InChI=1S/C17H20N6O/c1-13-4-2-3-5-14(13)17(8-10-24-11-9-17)12-18-15-6-7-16-19-21-22-23(16)20-15/h2-7H,8-12H2,1H3,(H,18,20). The number of tetrazole rings is 1. The lowest BCUT2D eigenvalue weighted by Gasteiger charge is -2.39. The molecule has 0 radical (unpaired) electrons. The van der Waals surface area contributed by atoms with Gasteiger partial charge in [0.05, 0.1) is 0 Å². The second kappa shape index (κ2) is 6.16. The molecule has 4 rings (SSSR count). The zero-order valence-corrected chi connectivity index (χ0v) is 13.6. The number of aryl methyl sites for hydroxylation is 1. The fraction of sp³-hybridized carbons (Fsp3) is 0.412. The van der Waals surface area contributed by atoms with Crippen LogP contribution in [0.2, 0.25) is 0 Å². The molecule has 24 heavy (non-hydrogen) atoms. The minimum Gasteiger partial charge on any atom is -0.381 e. The van der Waals surface area contributed by atoms with Crippen LogP contribution >= 0.6 is 0 Å². The number of rotatable bonds is 4. The van der Waals surface area contributed by atoms with Gasteiger partial charge in [-0.05, 0) is 53.5 Å². The van der Waals surface area contributed by atoms with Crippen LogP contribution in [-0.4, -0.2) is 45.0 Å². The molecule has 1 aliphatic rings. The van der Waals surface area contributed by atoms with Crippen molar-refractivity contribution in [1.29, 1.82) is 0 Å². The highest BCUT2D eigenvalue weighted by Gasteiger charge is 2.35. The second-order valence-corrected chi connectivity index (χ2v) is 6.31. The van der Waals surface area contributed by atoms with Crippen LogP contribution in [0.1, 0.15) is 24.0 Å². The number of fused-ring (bicyclic) bond motifs is 1. The van der Waals surface area contributed by atoms with Crippen molar-refractivity contribution in [3.8, 4) is 0 Å². The van der Waals surface area contributed by atoms with Crippen molar-refractivity contribution in [3.05, 3.63) is 47.5 Å². The van der Waals surface area contributed by atoms with E-state index in [0.717, 1.165) is 38.4 Å². The molecule has 0 aliphatic carbocycles. The normalized spacial score (nSPS) is 17.0. The van der Waals surface area contributed by atoms with E-state index in [0.29, 0.717) is 5.65 Å². The third kappa shape index (κ3) is 2.71. The Bertz CT molecular complexity index is 840. The predicted molar refractivity (Wildman–Crippen MR) is 90.0 cm³/mol. The Morgan fingerprint density at radius 3 is 2.83 bits per heavy atom. The van der Waals surface area contributed by atoms with Crippen molar-refractivity contribution in [2.24, 2.45) is 0 Å². The zero-order chi connectivity index (χ0) is 16.4. The summed E-state index contributed by atoms with van der Waals surface area (Å²) in [6.45, 7) is 4.56. The molecule has 3 heterocycles. The molecular weight excluding hydrogens is 304 g/mol. The molecule has 0 spiro atoms. The Hall–Kier alpha value is -2.54. The number of hydrogen-bond acceptors (Lipinski definition) is 6. The molecule has 1 fully saturated rings. The average molecular weight is 324 g/mol. The number of nitrogens with zero attached hydrogens (tertiary/aromatic N) is 5. The van der Waals surface area contributed by atoms with Crippen molar-refractivity contribution in [3.63, 3.8) is 0 Å². The summed E-state index contributed by atoms with van der Waals surface area (Å²) < 4.78 is 7.05. The van der Waals surface area contributed by atoms with Gasteiger partial charge in [-0.15, -0.1) is 14.8 Å². The number of nitrogens with one attached hydrogen (secondary N) is 1. The molecule has 124 valence electrons. The summed E-state index contributed by atoms with van der Waals surface area (Å²) in [5.74, 6) is 0.772. The van der Waals surface area contributed by atoms with Crippen LogP contribution in [0, 0.1) is 6.92 Å². The van der Waals surface area contributed by atoms with Crippen molar-refractivity contribution in [2.45, 2.75) is 25.2 Å². The molecule has 3 aromatic rings. The van der Waals surface area contributed by atoms with Gasteiger partial charge in [-0.2, -0.15) is 0 Å². The second-order valence-electron chi connectivity index (χ2n) is 6.31. The van der Waals surface area contributed by atoms with Crippen LogP contribution < -0.4 is 5.32 Å². The van der Waals surface area contributed by atoms with Crippen LogP contribution in [0.15, 0.2) is 36.4 Å². The molecule has 7 heteroatoms. The number of benzene rings is 1. The molecular formula is C17H20N6O. The lowest BCUT2D eigenvalue weighted by molar-refractivity contribution is 0.0541. The maximum Gasteiger partial charge on any atom is 0.200 e. The first kappa shape index (κ1) is 15.0. The highest BCUT2D eigenvalue weighted by atomic mass is 16.5. The highest BCUT2D eigenvalue weighted by molar-refractivity contribution is 5.44. The molecule has 0 unspecified atom stereocenters. The van der Waals surface area contributed by atoms with Crippen LogP contribution in [0.4, 0.5) is 5.82 Å². The minimum absolute atomic E-state index is 0.0564. The largest absolute Gasteiger partial charge is 0.381 e. The summed E-state index contributed by atoms with van der Waals surface area (Å²) in [5, 5.41) is 19.2. The van der Waals surface area contributed by atoms with Crippen molar-refractivity contribution in [2.75, 3.05) is 25.1 Å². The van der Waals surface area contributed by atoms with E-state index in [1.807, 2.05) is 12.1 Å². The Balaban J connectivity index is 1.61. The van der Waals surface area contributed by atoms with Gasteiger partial charge in [0.25, 0.3) is 0 Å². The summed E-state index contributed by atoms with van der Waals surface area (Å²) >= 11 is 0. The van der Waals surface area contributed by atoms with Crippen molar-refractivity contribution in [1.82, 2.24) is 25.3 Å². The molecule has 0 bridgehead atoms. The van der Waals surface area contributed by atoms with E-state index in [9.17, 15) is 0 Å². The van der Waals surface area contributed by atoms with E-state index in [1.165, 1.54) is 15.8 Å². The van der Waals surface area contributed by atoms with E-state index < -0.39 is 0 Å². The first-order valence-electron chi connectivity index (χ1n) is 8.20. The molecule has 2 aromatic heterocycles. The Morgan fingerprint density at radius 2 is 2.00 bits per heavy atom. The summed E-state index contributed by atoms with van der Waals surface area (Å²) in [6, 6.07) is 12.4. The minimum atomic E-state index is 0.0564. The van der Waals surface area contributed by atoms with Crippen molar-refractivity contribution < 1.29 is 4.74 Å². The first-order chi connectivity index (χ1) is 11.8. The number of ether oxygens (including phenoxy) is 1. The lowest BCUT2D eigenvalue weighted by Crippen LogP contribution is -2.40. The summed E-state index contributed by atoms with van der Waals surface area (Å²) in [4.78, 5) is 0. The van der Waals surface area contributed by atoms with E-state index in [-0.39, 0.29) is 5.41 Å². The number of aromatic nitrogens is 5. The fourth-order valence-electron chi connectivity index (χ4n) is 3.48. The van der Waals surface area contributed by atoms with Crippen LogP contribution in [0.3, 0.4) is 0 Å². The molecule has 7 nitrogen and oxygen atoms in total. The van der Waals surface area contributed by atoms with Crippen LogP contribution in [-0.2, 0) is 10.2 Å². The van der Waals surface area contributed by atoms with E-state index in [2.05, 4.69) is 57.1 Å². The summed E-state index contributed by atoms with van der Waals surface area (Å²) in [5.41, 5.74) is 3.41. The maximum atomic E-state index is 5.61. The van der Waals surface area contributed by atoms with Gasteiger partial charge in [-0.1, -0.05) is 24.3 Å². The third-order valence-electron chi connectivity index (χ3n) is 4.84. The molecule has 0 amide bonds. The maximum absolute atomic E-state index is 5.61. The fourth-order valence-corrected chi connectivity index (χ4v) is 3.48. The Morgan fingerprint density at radius 1 is 1.17 bits per heavy atom. The van der Waals surface area contributed by atoms with Gasteiger partial charge < -0.3 is 10.1 Å². The van der Waals surface area contributed by atoms with Gasteiger partial charge in [0.15, 0.2) is 5.65 Å². The Labute approximate surface area is 140 Å². The van der Waals surface area contributed by atoms with Gasteiger partial charge in [0, 0.05) is 25.2 Å². The lowest BCUT2D eigenvalue weighted by atomic mass is 9.72. The van der Waals surface area contributed by atoms with Gasteiger partial charge in [-0.3, -0.25) is 0 Å². The molecule has 1 saturated heterocycles. The topological polar surface area (TPSA) is 77.2 Å². The molecule has 1 N–H and O–H groups in total. The van der Waals surface area contributed by atoms with Crippen LogP contribution in [0.5, 0.6) is 0 Å². The quantitative estimate of drug-likeness (QED) is 0.791. The van der Waals surface area contributed by atoms with E-state index in [1.54, 1.807) is 0 Å². The average Bonchev–Trinajstić information content (AvgIpc) is 3.09. The zero-order valence-electron chi connectivity index (χ0n) is 13.6. The molecule has 0 atom stereocenters. The number of anilines is 1. The smallest absolute Gasteiger partial charge is 0.200 e. The SMILES string of the molecule is Cc1ccccc1C1(CNc2ccc3nnnn3n2)CCOCC1. The monoisotopic (exact) mass is 324 g/mol.